The molecule has 15 heavy (non-hydrogen) atoms. The second kappa shape index (κ2) is 3.58. The quantitative estimate of drug-likeness (QED) is 0.711. The van der Waals surface area contributed by atoms with E-state index in [1.54, 1.807) is 0 Å². The van der Waals surface area contributed by atoms with Crippen LogP contribution in [0.25, 0.3) is 0 Å². The van der Waals surface area contributed by atoms with Gasteiger partial charge in [0.15, 0.2) is 5.13 Å². The molecule has 0 aliphatic carbocycles. The summed E-state index contributed by atoms with van der Waals surface area (Å²) in [4.78, 5) is 29.2. The average molecular weight is 222 g/mol. The second-order valence-electron chi connectivity index (χ2n) is 3.20. The van der Waals surface area contributed by atoms with Crippen molar-refractivity contribution in [3.05, 3.63) is 22.7 Å². The number of carbonyl (C=O) groups is 2. The Labute approximate surface area is 91.2 Å². The van der Waals surface area contributed by atoms with Crippen LogP contribution in [0.1, 0.15) is 17.5 Å². The first-order valence-electron chi connectivity index (χ1n) is 4.66. The van der Waals surface area contributed by atoms with E-state index in [2.05, 4.69) is 4.98 Å². The summed E-state index contributed by atoms with van der Waals surface area (Å²) < 4.78 is 0. The molecule has 0 aromatic carbocycles. The Kier molecular flexibility index (Phi) is 2.40. The highest BCUT2D eigenvalue weighted by atomic mass is 32.1. The number of rotatable bonds is 2. The molecule has 0 N–H and O–H groups in total. The summed E-state index contributed by atoms with van der Waals surface area (Å²) in [6.07, 6.45) is 3.35. The van der Waals surface area contributed by atoms with Crippen molar-refractivity contribution in [1.29, 1.82) is 0 Å². The van der Waals surface area contributed by atoms with Gasteiger partial charge in [-0.15, -0.1) is 11.3 Å². The summed E-state index contributed by atoms with van der Waals surface area (Å²) in [5, 5.41) is 0.476. The molecule has 4 nitrogen and oxygen atoms in total. The molecule has 1 aromatic rings. The lowest BCUT2D eigenvalue weighted by Crippen LogP contribution is -2.29. The van der Waals surface area contributed by atoms with E-state index < -0.39 is 0 Å². The van der Waals surface area contributed by atoms with Gasteiger partial charge in [-0.3, -0.25) is 9.59 Å². The fourth-order valence-electron chi connectivity index (χ4n) is 1.43. The summed E-state index contributed by atoms with van der Waals surface area (Å²) in [7, 11) is 0. The molecule has 0 saturated heterocycles. The molecule has 0 fully saturated rings. The smallest absolute Gasteiger partial charge is 0.260 e. The van der Waals surface area contributed by atoms with Gasteiger partial charge in [-0.2, -0.15) is 0 Å². The summed E-state index contributed by atoms with van der Waals surface area (Å²) in [5.41, 5.74) is 0.947. The number of hydrogen-bond donors (Lipinski definition) is 0. The fraction of sp³-hybridized carbons (Fsp3) is 0.300. The molecule has 0 bridgehead atoms. The third-order valence-corrected chi connectivity index (χ3v) is 3.22. The van der Waals surface area contributed by atoms with Gasteiger partial charge in [0.25, 0.3) is 11.8 Å². The van der Waals surface area contributed by atoms with Crippen LogP contribution >= 0.6 is 11.3 Å². The van der Waals surface area contributed by atoms with Crippen molar-refractivity contribution in [2.24, 2.45) is 0 Å². The standard InChI is InChI=1S/C10H10N2O2S/c1-3-7-6(2)15-10(11-7)12-8(13)4-5-9(12)14/h4-5H,3H2,1-2H3. The van der Waals surface area contributed by atoms with Crippen LogP contribution in [-0.4, -0.2) is 16.8 Å². The van der Waals surface area contributed by atoms with Crippen molar-refractivity contribution in [1.82, 2.24) is 4.98 Å². The fourth-order valence-corrected chi connectivity index (χ4v) is 2.43. The molecule has 1 aliphatic rings. The maximum absolute atomic E-state index is 11.4. The predicted octanol–water partition coefficient (Wildman–Crippen LogP) is 1.44. The average Bonchev–Trinajstić information content (AvgIpc) is 2.70. The lowest BCUT2D eigenvalue weighted by Gasteiger charge is -2.08. The number of imide groups is 1. The molecular weight excluding hydrogens is 212 g/mol. The second-order valence-corrected chi connectivity index (χ2v) is 4.38. The van der Waals surface area contributed by atoms with Crippen LogP contribution in [0.5, 0.6) is 0 Å². The van der Waals surface area contributed by atoms with E-state index in [0.717, 1.165) is 21.9 Å². The maximum Gasteiger partial charge on any atom is 0.260 e. The van der Waals surface area contributed by atoms with Gasteiger partial charge in [0.05, 0.1) is 5.69 Å². The third-order valence-electron chi connectivity index (χ3n) is 2.22. The lowest BCUT2D eigenvalue weighted by molar-refractivity contribution is -0.119. The van der Waals surface area contributed by atoms with E-state index >= 15 is 0 Å². The molecule has 0 unspecified atom stereocenters. The number of amides is 2. The largest absolute Gasteiger partial charge is 0.269 e. The molecule has 1 aromatic heterocycles. The minimum absolute atomic E-state index is 0.309. The van der Waals surface area contributed by atoms with Gasteiger partial charge in [-0.25, -0.2) is 9.88 Å². The number of aryl methyl sites for hydroxylation is 2. The number of anilines is 1. The Balaban J connectivity index is 2.38. The van der Waals surface area contributed by atoms with Crippen LogP contribution in [0.3, 0.4) is 0 Å². The Morgan fingerprint density at radius 2 is 1.93 bits per heavy atom. The van der Waals surface area contributed by atoms with E-state index in [1.807, 2.05) is 13.8 Å². The third kappa shape index (κ3) is 1.59. The van der Waals surface area contributed by atoms with E-state index in [1.165, 1.54) is 23.5 Å². The van der Waals surface area contributed by atoms with Crippen molar-refractivity contribution in [2.75, 3.05) is 4.90 Å². The van der Waals surface area contributed by atoms with Crippen LogP contribution in [-0.2, 0) is 16.0 Å². The number of hydrogen-bond acceptors (Lipinski definition) is 4. The first kappa shape index (κ1) is 10.0. The Hall–Kier alpha value is -1.49. The Morgan fingerprint density at radius 1 is 1.33 bits per heavy atom. The summed E-state index contributed by atoms with van der Waals surface area (Å²) in [5.74, 6) is -0.618. The van der Waals surface area contributed by atoms with Crippen LogP contribution in [0.15, 0.2) is 12.2 Å². The molecule has 2 rings (SSSR count). The maximum atomic E-state index is 11.4. The summed E-state index contributed by atoms with van der Waals surface area (Å²) in [6.45, 7) is 3.94. The van der Waals surface area contributed by atoms with Gasteiger partial charge in [0.1, 0.15) is 0 Å². The van der Waals surface area contributed by atoms with Crippen LogP contribution in [0.4, 0.5) is 5.13 Å². The number of nitrogens with zero attached hydrogens (tertiary/aromatic N) is 2. The van der Waals surface area contributed by atoms with Gasteiger partial charge < -0.3 is 0 Å². The normalized spacial score (nSPS) is 15.5. The number of carbonyl (C=O) groups excluding carboxylic acids is 2. The SMILES string of the molecule is CCc1nc(N2C(=O)C=CC2=O)sc1C. The van der Waals surface area contributed by atoms with Gasteiger partial charge in [0, 0.05) is 17.0 Å². The first-order valence-corrected chi connectivity index (χ1v) is 5.47. The van der Waals surface area contributed by atoms with Crippen molar-refractivity contribution >= 4 is 28.3 Å². The highest BCUT2D eigenvalue weighted by molar-refractivity contribution is 7.16. The molecule has 0 atom stereocenters. The zero-order chi connectivity index (χ0) is 11.0. The van der Waals surface area contributed by atoms with Crippen molar-refractivity contribution in [2.45, 2.75) is 20.3 Å². The van der Waals surface area contributed by atoms with E-state index in [4.69, 9.17) is 0 Å². The van der Waals surface area contributed by atoms with Crippen molar-refractivity contribution < 1.29 is 9.59 Å². The van der Waals surface area contributed by atoms with Crippen LogP contribution < -0.4 is 4.90 Å². The lowest BCUT2D eigenvalue weighted by atomic mass is 10.3. The predicted molar refractivity (Wildman–Crippen MR) is 57.9 cm³/mol. The molecular formula is C10H10N2O2S. The minimum atomic E-state index is -0.309. The highest BCUT2D eigenvalue weighted by Gasteiger charge is 2.28. The Morgan fingerprint density at radius 3 is 2.40 bits per heavy atom. The molecule has 1 aliphatic heterocycles. The molecule has 2 heterocycles. The minimum Gasteiger partial charge on any atom is -0.269 e. The van der Waals surface area contributed by atoms with Crippen molar-refractivity contribution in [3.63, 3.8) is 0 Å². The van der Waals surface area contributed by atoms with Gasteiger partial charge in [-0.1, -0.05) is 6.92 Å². The molecule has 0 saturated carbocycles. The summed E-state index contributed by atoms with van der Waals surface area (Å²) >= 11 is 1.38. The van der Waals surface area contributed by atoms with Gasteiger partial charge >= 0.3 is 0 Å². The molecule has 0 radical (unpaired) electrons. The molecule has 78 valence electrons. The topological polar surface area (TPSA) is 50.3 Å². The van der Waals surface area contributed by atoms with Gasteiger partial charge in [0.2, 0.25) is 0 Å². The van der Waals surface area contributed by atoms with Crippen molar-refractivity contribution in [3.8, 4) is 0 Å². The zero-order valence-electron chi connectivity index (χ0n) is 8.48. The number of thiazole rings is 1. The molecule has 0 spiro atoms. The van der Waals surface area contributed by atoms with E-state index in [0.29, 0.717) is 5.13 Å². The number of aromatic nitrogens is 1. The van der Waals surface area contributed by atoms with Gasteiger partial charge in [-0.05, 0) is 13.3 Å². The van der Waals surface area contributed by atoms with E-state index in [9.17, 15) is 9.59 Å². The highest BCUT2D eigenvalue weighted by Crippen LogP contribution is 2.27. The zero-order valence-corrected chi connectivity index (χ0v) is 9.30. The Bertz CT molecular complexity index is 444. The van der Waals surface area contributed by atoms with E-state index in [-0.39, 0.29) is 11.8 Å². The summed E-state index contributed by atoms with van der Waals surface area (Å²) in [6, 6.07) is 0. The molecule has 2 amide bonds. The van der Waals surface area contributed by atoms with Crippen LogP contribution in [0, 0.1) is 6.92 Å². The van der Waals surface area contributed by atoms with Crippen LogP contribution in [0.2, 0.25) is 0 Å². The molecule has 5 heteroatoms. The monoisotopic (exact) mass is 222 g/mol. The first-order chi connectivity index (χ1) is 7.13.